The van der Waals surface area contributed by atoms with E-state index in [2.05, 4.69) is 17.1 Å². The molecule has 3 rings (SSSR count). The van der Waals surface area contributed by atoms with Crippen LogP contribution in [0.5, 0.6) is 0 Å². The summed E-state index contributed by atoms with van der Waals surface area (Å²) in [5, 5.41) is 3.60. The van der Waals surface area contributed by atoms with Crippen LogP contribution < -0.4 is 11.1 Å². The van der Waals surface area contributed by atoms with E-state index in [0.717, 1.165) is 50.8 Å². The first-order valence-electron chi connectivity index (χ1n) is 8.51. The van der Waals surface area contributed by atoms with Crippen molar-refractivity contribution in [2.45, 2.75) is 45.4 Å². The molecule has 1 atom stereocenters. The van der Waals surface area contributed by atoms with E-state index in [-0.39, 0.29) is 5.91 Å². The van der Waals surface area contributed by atoms with Gasteiger partial charge in [-0.15, -0.1) is 11.3 Å². The number of hydrogen-bond donors (Lipinski definition) is 2. The van der Waals surface area contributed by atoms with Crippen LogP contribution in [-0.2, 0) is 17.6 Å². The molecule has 1 unspecified atom stereocenters. The number of thiophene rings is 1. The molecule has 0 bridgehead atoms. The van der Waals surface area contributed by atoms with Gasteiger partial charge in [-0.2, -0.15) is 0 Å². The molecule has 126 valence electrons. The second-order valence-corrected chi connectivity index (χ2v) is 7.91. The number of nitrogens with two attached hydrogens (primary N) is 1. The van der Waals surface area contributed by atoms with Crippen LogP contribution >= 0.6 is 11.3 Å². The number of nitrogens with one attached hydrogen (secondary N) is 1. The molecule has 1 fully saturated rings. The number of rotatable bonds is 4. The van der Waals surface area contributed by atoms with Crippen LogP contribution in [0.2, 0.25) is 0 Å². The second-order valence-electron chi connectivity index (χ2n) is 6.81. The molecule has 1 aromatic heterocycles. The van der Waals surface area contributed by atoms with Gasteiger partial charge in [-0.3, -0.25) is 14.5 Å². The lowest BCUT2D eigenvalue weighted by molar-refractivity contribution is -0.117. The Hall–Kier alpha value is -1.40. The van der Waals surface area contributed by atoms with Crippen molar-refractivity contribution in [2.24, 2.45) is 11.7 Å². The van der Waals surface area contributed by atoms with Gasteiger partial charge >= 0.3 is 0 Å². The first kappa shape index (κ1) is 16.5. The molecule has 23 heavy (non-hydrogen) atoms. The monoisotopic (exact) mass is 335 g/mol. The van der Waals surface area contributed by atoms with Crippen molar-refractivity contribution in [1.29, 1.82) is 0 Å². The minimum Gasteiger partial charge on any atom is -0.365 e. The Kier molecular flexibility index (Phi) is 5.02. The molecule has 3 N–H and O–H groups in total. The fraction of sp³-hybridized carbons (Fsp3) is 0.647. The summed E-state index contributed by atoms with van der Waals surface area (Å²) >= 11 is 1.53. The smallest absolute Gasteiger partial charge is 0.251 e. The van der Waals surface area contributed by atoms with Crippen LogP contribution in [0.4, 0.5) is 5.00 Å². The van der Waals surface area contributed by atoms with Gasteiger partial charge in [0.05, 0.1) is 12.1 Å². The van der Waals surface area contributed by atoms with Crippen molar-refractivity contribution in [3.63, 3.8) is 0 Å². The Bertz CT molecular complexity index is 605. The zero-order valence-corrected chi connectivity index (χ0v) is 14.5. The maximum atomic E-state index is 12.3. The summed E-state index contributed by atoms with van der Waals surface area (Å²) in [6, 6.07) is 0. The number of primary amides is 1. The van der Waals surface area contributed by atoms with E-state index in [1.54, 1.807) is 0 Å². The van der Waals surface area contributed by atoms with Crippen molar-refractivity contribution in [2.75, 3.05) is 25.0 Å². The van der Waals surface area contributed by atoms with Crippen LogP contribution in [0.15, 0.2) is 0 Å². The maximum absolute atomic E-state index is 12.3. The molecule has 2 aliphatic rings. The van der Waals surface area contributed by atoms with Crippen molar-refractivity contribution in [3.8, 4) is 0 Å². The van der Waals surface area contributed by atoms with E-state index < -0.39 is 5.91 Å². The van der Waals surface area contributed by atoms with Gasteiger partial charge in [0.1, 0.15) is 5.00 Å². The Morgan fingerprint density at radius 3 is 2.74 bits per heavy atom. The molecule has 1 aliphatic carbocycles. The van der Waals surface area contributed by atoms with Gasteiger partial charge in [-0.25, -0.2) is 0 Å². The number of amides is 2. The zero-order valence-electron chi connectivity index (χ0n) is 13.7. The summed E-state index contributed by atoms with van der Waals surface area (Å²) in [6.45, 7) is 4.58. The van der Waals surface area contributed by atoms with Crippen LogP contribution in [-0.4, -0.2) is 36.3 Å². The van der Waals surface area contributed by atoms with Gasteiger partial charge in [0.25, 0.3) is 5.91 Å². The number of carbonyl (C=O) groups excluding carboxylic acids is 2. The third-order valence-corrected chi connectivity index (χ3v) is 6.00. The molecule has 1 aliphatic heterocycles. The highest BCUT2D eigenvalue weighted by molar-refractivity contribution is 7.17. The molecule has 2 heterocycles. The molecule has 0 saturated carbocycles. The lowest BCUT2D eigenvalue weighted by Crippen LogP contribution is -2.37. The Morgan fingerprint density at radius 2 is 2.04 bits per heavy atom. The number of carbonyl (C=O) groups is 2. The number of piperidine rings is 1. The fourth-order valence-corrected chi connectivity index (χ4v) is 5.02. The van der Waals surface area contributed by atoms with Gasteiger partial charge in [0.2, 0.25) is 5.91 Å². The molecule has 2 amide bonds. The van der Waals surface area contributed by atoms with Crippen LogP contribution in [0.1, 0.15) is 53.4 Å². The number of fused-ring (bicyclic) bond motifs is 1. The van der Waals surface area contributed by atoms with E-state index >= 15 is 0 Å². The molecule has 0 aromatic carbocycles. The van der Waals surface area contributed by atoms with Crippen molar-refractivity contribution < 1.29 is 9.59 Å². The van der Waals surface area contributed by atoms with E-state index in [4.69, 9.17) is 5.73 Å². The van der Waals surface area contributed by atoms with Crippen LogP contribution in [0.3, 0.4) is 0 Å². The van der Waals surface area contributed by atoms with Crippen molar-refractivity contribution >= 4 is 28.2 Å². The molecule has 1 aromatic rings. The van der Waals surface area contributed by atoms with Gasteiger partial charge in [0, 0.05) is 4.88 Å². The predicted molar refractivity (Wildman–Crippen MR) is 92.9 cm³/mol. The van der Waals surface area contributed by atoms with Gasteiger partial charge in [-0.1, -0.05) is 13.3 Å². The number of anilines is 1. The van der Waals surface area contributed by atoms with Crippen LogP contribution in [0, 0.1) is 5.92 Å². The highest BCUT2D eigenvalue weighted by Crippen LogP contribution is 2.39. The van der Waals surface area contributed by atoms with Gasteiger partial charge < -0.3 is 11.1 Å². The summed E-state index contributed by atoms with van der Waals surface area (Å²) in [4.78, 5) is 27.6. The first-order chi connectivity index (χ1) is 11.0. The lowest BCUT2D eigenvalue weighted by atomic mass is 9.88. The molecular weight excluding hydrogens is 310 g/mol. The number of hydrogen-bond acceptors (Lipinski definition) is 4. The average molecular weight is 335 g/mol. The van der Waals surface area contributed by atoms with E-state index in [0.29, 0.717) is 23.0 Å². The maximum Gasteiger partial charge on any atom is 0.251 e. The third-order valence-electron chi connectivity index (χ3n) is 4.83. The van der Waals surface area contributed by atoms with E-state index in [1.807, 2.05) is 0 Å². The quantitative estimate of drug-likeness (QED) is 0.887. The van der Waals surface area contributed by atoms with E-state index in [1.165, 1.54) is 22.6 Å². The second kappa shape index (κ2) is 7.01. The summed E-state index contributed by atoms with van der Waals surface area (Å²) in [5.41, 5.74) is 7.19. The van der Waals surface area contributed by atoms with Crippen molar-refractivity contribution in [1.82, 2.24) is 4.90 Å². The summed E-state index contributed by atoms with van der Waals surface area (Å²) in [5.74, 6) is 0.158. The highest BCUT2D eigenvalue weighted by atomic mass is 32.1. The molecular formula is C17H25N3O2S. The molecule has 0 radical (unpaired) electrons. The van der Waals surface area contributed by atoms with E-state index in [9.17, 15) is 9.59 Å². The topological polar surface area (TPSA) is 75.4 Å². The Labute approximate surface area is 141 Å². The molecule has 0 spiro atoms. The average Bonchev–Trinajstić information content (AvgIpc) is 2.84. The van der Waals surface area contributed by atoms with Gasteiger partial charge in [-0.05, 0) is 56.7 Å². The van der Waals surface area contributed by atoms with Crippen molar-refractivity contribution in [3.05, 3.63) is 16.0 Å². The summed E-state index contributed by atoms with van der Waals surface area (Å²) in [6.07, 6.45) is 6.50. The normalized spacial score (nSPS) is 21.7. The lowest BCUT2D eigenvalue weighted by Gasteiger charge is -2.25. The first-order valence-corrected chi connectivity index (χ1v) is 9.32. The highest BCUT2D eigenvalue weighted by Gasteiger charge is 2.27. The van der Waals surface area contributed by atoms with Gasteiger partial charge in [0.15, 0.2) is 0 Å². The number of likely N-dealkylation sites (tertiary alicyclic amines) is 1. The Morgan fingerprint density at radius 1 is 1.30 bits per heavy atom. The molecule has 1 saturated heterocycles. The predicted octanol–water partition coefficient (Wildman–Crippen LogP) is 2.40. The number of nitrogens with zero attached hydrogens (tertiary/aromatic N) is 1. The SMILES string of the molecule is CC1CCc2c(sc(NC(=O)CN3CCCCC3)c2C(N)=O)C1. The Balaban J connectivity index is 1.74. The molecule has 5 nitrogen and oxygen atoms in total. The minimum absolute atomic E-state index is 0.0407. The zero-order chi connectivity index (χ0) is 16.4. The summed E-state index contributed by atoms with van der Waals surface area (Å²) in [7, 11) is 0. The fourth-order valence-electron chi connectivity index (χ4n) is 3.59. The molecule has 6 heteroatoms. The standard InChI is InChI=1S/C17H25N3O2S/c1-11-5-6-12-13(9-11)23-17(15(12)16(18)22)19-14(21)10-20-7-3-2-4-8-20/h11H,2-10H2,1H3,(H2,18,22)(H,19,21). The summed E-state index contributed by atoms with van der Waals surface area (Å²) < 4.78 is 0. The third kappa shape index (κ3) is 3.75. The largest absolute Gasteiger partial charge is 0.365 e. The minimum atomic E-state index is -0.426. The van der Waals surface area contributed by atoms with Crippen LogP contribution in [0.25, 0.3) is 0 Å².